The molecule has 2 aliphatic carbocycles. The van der Waals surface area contributed by atoms with Gasteiger partial charge in [-0.05, 0) is 37.8 Å². The zero-order chi connectivity index (χ0) is 18.1. The van der Waals surface area contributed by atoms with Gasteiger partial charge in [-0.3, -0.25) is 9.59 Å². The third-order valence-electron chi connectivity index (χ3n) is 6.41. The molecule has 0 N–H and O–H groups in total. The number of rotatable bonds is 3. The SMILES string of the molecule is COc1ccccc1N1CCN(C(=O)C2C[C@H]3CCC[C@@H](C2)C3=O)CC1. The molecule has 0 spiro atoms. The van der Waals surface area contributed by atoms with Crippen LogP contribution >= 0.6 is 0 Å². The summed E-state index contributed by atoms with van der Waals surface area (Å²) in [4.78, 5) is 29.6. The lowest BCUT2D eigenvalue weighted by Gasteiger charge is -2.41. The van der Waals surface area contributed by atoms with E-state index in [2.05, 4.69) is 11.0 Å². The van der Waals surface area contributed by atoms with Crippen molar-refractivity contribution in [2.24, 2.45) is 17.8 Å². The van der Waals surface area contributed by atoms with Crippen LogP contribution in [0.15, 0.2) is 24.3 Å². The number of carbonyl (C=O) groups excluding carboxylic acids is 2. The Kier molecular flexibility index (Phi) is 4.88. The summed E-state index contributed by atoms with van der Waals surface area (Å²) >= 11 is 0. The molecule has 1 aliphatic heterocycles. The number of nitrogens with zero attached hydrogens (tertiary/aromatic N) is 2. The van der Waals surface area contributed by atoms with Crippen LogP contribution in [-0.2, 0) is 9.59 Å². The van der Waals surface area contributed by atoms with Crippen molar-refractivity contribution in [3.8, 4) is 5.75 Å². The van der Waals surface area contributed by atoms with Crippen molar-refractivity contribution in [2.45, 2.75) is 32.1 Å². The van der Waals surface area contributed by atoms with Crippen molar-refractivity contribution < 1.29 is 14.3 Å². The van der Waals surface area contributed by atoms with Gasteiger partial charge in [0.25, 0.3) is 0 Å². The van der Waals surface area contributed by atoms with Crippen LogP contribution in [0.3, 0.4) is 0 Å². The van der Waals surface area contributed by atoms with E-state index in [1.165, 1.54) is 0 Å². The number of methoxy groups -OCH3 is 1. The van der Waals surface area contributed by atoms with Crippen molar-refractivity contribution in [3.63, 3.8) is 0 Å². The highest BCUT2D eigenvalue weighted by Crippen LogP contribution is 2.41. The Morgan fingerprint density at radius 2 is 1.69 bits per heavy atom. The first-order chi connectivity index (χ1) is 12.7. The molecule has 1 heterocycles. The first-order valence-electron chi connectivity index (χ1n) is 9.88. The number of ether oxygens (including phenoxy) is 1. The van der Waals surface area contributed by atoms with Gasteiger partial charge in [0.05, 0.1) is 12.8 Å². The zero-order valence-corrected chi connectivity index (χ0v) is 15.5. The molecular weight excluding hydrogens is 328 g/mol. The Balaban J connectivity index is 1.37. The number of fused-ring (bicyclic) bond motifs is 2. The predicted octanol–water partition coefficient (Wildman–Crippen LogP) is 2.74. The van der Waals surface area contributed by atoms with Crippen molar-refractivity contribution >= 4 is 17.4 Å². The molecule has 26 heavy (non-hydrogen) atoms. The number of hydrogen-bond donors (Lipinski definition) is 0. The fourth-order valence-electron chi connectivity index (χ4n) is 5.00. The number of ketones is 1. The van der Waals surface area contributed by atoms with Crippen LogP contribution < -0.4 is 9.64 Å². The van der Waals surface area contributed by atoms with Crippen LogP contribution in [0, 0.1) is 17.8 Å². The zero-order valence-electron chi connectivity index (χ0n) is 15.5. The summed E-state index contributed by atoms with van der Waals surface area (Å²) < 4.78 is 5.47. The third kappa shape index (κ3) is 3.19. The summed E-state index contributed by atoms with van der Waals surface area (Å²) in [6.07, 6.45) is 4.68. The highest BCUT2D eigenvalue weighted by Gasteiger charge is 2.42. The Labute approximate surface area is 155 Å². The van der Waals surface area contributed by atoms with Crippen LogP contribution in [0.2, 0.25) is 0 Å². The maximum Gasteiger partial charge on any atom is 0.225 e. The van der Waals surface area contributed by atoms with Crippen molar-refractivity contribution in [3.05, 3.63) is 24.3 Å². The topological polar surface area (TPSA) is 49.9 Å². The number of carbonyl (C=O) groups is 2. The van der Waals surface area contributed by atoms with E-state index in [1.807, 2.05) is 23.1 Å². The summed E-state index contributed by atoms with van der Waals surface area (Å²) in [6, 6.07) is 8.05. The Morgan fingerprint density at radius 3 is 2.35 bits per heavy atom. The average molecular weight is 356 g/mol. The molecule has 1 unspecified atom stereocenters. The number of piperazine rings is 1. The van der Waals surface area contributed by atoms with E-state index in [0.29, 0.717) is 5.78 Å². The monoisotopic (exact) mass is 356 g/mol. The van der Waals surface area contributed by atoms with E-state index in [-0.39, 0.29) is 23.7 Å². The van der Waals surface area contributed by atoms with Crippen LogP contribution in [0.1, 0.15) is 32.1 Å². The molecule has 5 heteroatoms. The van der Waals surface area contributed by atoms with E-state index in [4.69, 9.17) is 4.74 Å². The number of para-hydroxylation sites is 2. The predicted molar refractivity (Wildman–Crippen MR) is 100 cm³/mol. The molecule has 3 atom stereocenters. The van der Waals surface area contributed by atoms with Crippen LogP contribution in [0.5, 0.6) is 5.75 Å². The summed E-state index contributed by atoms with van der Waals surface area (Å²) in [7, 11) is 1.69. The van der Waals surface area contributed by atoms with Gasteiger partial charge in [0.2, 0.25) is 5.91 Å². The molecule has 0 radical (unpaired) electrons. The minimum absolute atomic E-state index is 0.0563. The minimum atomic E-state index is 0.0563. The van der Waals surface area contributed by atoms with Gasteiger partial charge in [-0.15, -0.1) is 0 Å². The van der Waals surface area contributed by atoms with Crippen molar-refractivity contribution in [1.29, 1.82) is 0 Å². The maximum absolute atomic E-state index is 13.0. The van der Waals surface area contributed by atoms with Gasteiger partial charge in [0.15, 0.2) is 0 Å². The highest BCUT2D eigenvalue weighted by atomic mass is 16.5. The van der Waals surface area contributed by atoms with E-state index < -0.39 is 0 Å². The second-order valence-corrected chi connectivity index (χ2v) is 7.88. The third-order valence-corrected chi connectivity index (χ3v) is 6.41. The normalized spacial score (nSPS) is 28.8. The summed E-state index contributed by atoms with van der Waals surface area (Å²) in [5.41, 5.74) is 1.10. The second-order valence-electron chi connectivity index (χ2n) is 7.88. The summed E-state index contributed by atoms with van der Waals surface area (Å²) in [5.74, 6) is 1.93. The molecule has 140 valence electrons. The molecule has 0 aromatic heterocycles. The van der Waals surface area contributed by atoms with E-state index in [0.717, 1.165) is 69.7 Å². The summed E-state index contributed by atoms with van der Waals surface area (Å²) in [6.45, 7) is 3.14. The van der Waals surface area contributed by atoms with Crippen LogP contribution in [0.4, 0.5) is 5.69 Å². The summed E-state index contributed by atoms with van der Waals surface area (Å²) in [5, 5.41) is 0. The smallest absolute Gasteiger partial charge is 0.225 e. The van der Waals surface area contributed by atoms with Gasteiger partial charge in [0.1, 0.15) is 11.5 Å². The minimum Gasteiger partial charge on any atom is -0.495 e. The molecule has 2 bridgehead atoms. The standard InChI is InChI=1S/C21H28N2O3/c1-26-19-8-3-2-7-18(19)22-9-11-23(12-10-22)21(25)17-13-15-5-4-6-16(14-17)20(15)24/h2-3,7-8,15-17H,4-6,9-14H2,1H3/t15-,16+,17?. The van der Waals surface area contributed by atoms with E-state index in [9.17, 15) is 9.59 Å². The molecule has 4 rings (SSSR count). The Bertz CT molecular complexity index is 666. The number of anilines is 1. The molecule has 1 aromatic rings. The fourth-order valence-corrected chi connectivity index (χ4v) is 5.00. The second kappa shape index (κ2) is 7.29. The van der Waals surface area contributed by atoms with Gasteiger partial charge in [-0.1, -0.05) is 18.6 Å². The molecule has 1 amide bonds. The maximum atomic E-state index is 13.0. The Morgan fingerprint density at radius 1 is 1.04 bits per heavy atom. The number of hydrogen-bond acceptors (Lipinski definition) is 4. The van der Waals surface area contributed by atoms with Crippen LogP contribution in [0.25, 0.3) is 0 Å². The van der Waals surface area contributed by atoms with Crippen molar-refractivity contribution in [2.75, 3.05) is 38.2 Å². The fraction of sp³-hybridized carbons (Fsp3) is 0.619. The van der Waals surface area contributed by atoms with Gasteiger partial charge in [-0.2, -0.15) is 0 Å². The number of Topliss-reactive ketones (excluding diaryl/α,β-unsaturated/α-hetero) is 1. The van der Waals surface area contributed by atoms with Gasteiger partial charge in [0, 0.05) is 43.9 Å². The quantitative estimate of drug-likeness (QED) is 0.836. The van der Waals surface area contributed by atoms with Crippen molar-refractivity contribution in [1.82, 2.24) is 4.90 Å². The lowest BCUT2D eigenvalue weighted by Crippen LogP contribution is -2.52. The average Bonchev–Trinajstić information content (AvgIpc) is 2.67. The molecule has 3 fully saturated rings. The first-order valence-corrected chi connectivity index (χ1v) is 9.88. The molecule has 5 nitrogen and oxygen atoms in total. The van der Waals surface area contributed by atoms with Gasteiger partial charge >= 0.3 is 0 Å². The van der Waals surface area contributed by atoms with E-state index in [1.54, 1.807) is 7.11 Å². The molecule has 3 aliphatic rings. The van der Waals surface area contributed by atoms with Gasteiger partial charge in [-0.25, -0.2) is 0 Å². The number of benzene rings is 1. The first kappa shape index (κ1) is 17.4. The van der Waals surface area contributed by atoms with Crippen LogP contribution in [-0.4, -0.2) is 49.9 Å². The lowest BCUT2D eigenvalue weighted by molar-refractivity contribution is -0.143. The molecule has 1 saturated heterocycles. The molecular formula is C21H28N2O3. The molecule has 1 aromatic carbocycles. The number of amides is 1. The molecule has 2 saturated carbocycles. The highest BCUT2D eigenvalue weighted by molar-refractivity contribution is 5.88. The lowest BCUT2D eigenvalue weighted by atomic mass is 9.67. The largest absolute Gasteiger partial charge is 0.495 e. The van der Waals surface area contributed by atoms with E-state index >= 15 is 0 Å². The Hall–Kier alpha value is -2.04. The van der Waals surface area contributed by atoms with Gasteiger partial charge < -0.3 is 14.5 Å².